The Hall–Kier alpha value is -2.88. The van der Waals surface area contributed by atoms with E-state index in [2.05, 4.69) is 43.7 Å². The highest BCUT2D eigenvalue weighted by Crippen LogP contribution is 2.30. The van der Waals surface area contributed by atoms with E-state index < -0.39 is 0 Å². The fourth-order valence-electron chi connectivity index (χ4n) is 3.55. The van der Waals surface area contributed by atoms with Gasteiger partial charge in [-0.05, 0) is 62.1 Å². The maximum atomic E-state index is 6.05. The van der Waals surface area contributed by atoms with Gasteiger partial charge in [0, 0.05) is 34.0 Å². The van der Waals surface area contributed by atoms with E-state index in [9.17, 15) is 0 Å². The zero-order valence-electron chi connectivity index (χ0n) is 16.0. The highest BCUT2D eigenvalue weighted by atomic mass is 14.7. The summed E-state index contributed by atoms with van der Waals surface area (Å²) in [6.07, 6.45) is 4.16. The molecule has 4 nitrogen and oxygen atoms in total. The molecule has 26 heavy (non-hydrogen) atoms. The van der Waals surface area contributed by atoms with Crippen LogP contribution in [0.15, 0.2) is 36.5 Å². The van der Waals surface area contributed by atoms with Crippen molar-refractivity contribution in [2.24, 2.45) is 0 Å². The first-order valence-corrected chi connectivity index (χ1v) is 9.12. The van der Waals surface area contributed by atoms with E-state index in [1.165, 1.54) is 33.3 Å². The molecule has 4 rings (SSSR count). The van der Waals surface area contributed by atoms with Crippen molar-refractivity contribution < 1.29 is 0 Å². The van der Waals surface area contributed by atoms with Gasteiger partial charge in [0.05, 0.1) is 11.0 Å². The molecule has 0 atom stereocenters. The lowest BCUT2D eigenvalue weighted by molar-refractivity contribution is 0.918. The molecule has 0 aliphatic heterocycles. The van der Waals surface area contributed by atoms with Gasteiger partial charge in [-0.1, -0.05) is 25.5 Å². The Balaban J connectivity index is 0.000000158. The molecular weight excluding hydrogens is 320 g/mol. The van der Waals surface area contributed by atoms with Crippen LogP contribution >= 0.6 is 0 Å². The fourth-order valence-corrected chi connectivity index (χ4v) is 3.55. The predicted molar refractivity (Wildman–Crippen MR) is 114 cm³/mol. The SMILES string of the molecule is CCCc1c(C)[nH]c2c(C)ccc(N)c12.Cc1ccc(N)c2cc[nH]c12. The van der Waals surface area contributed by atoms with Gasteiger partial charge in [-0.15, -0.1) is 0 Å². The van der Waals surface area contributed by atoms with Crippen LogP contribution in [0.2, 0.25) is 0 Å². The third kappa shape index (κ3) is 3.15. The molecule has 2 aromatic heterocycles. The van der Waals surface area contributed by atoms with Crippen LogP contribution in [0.5, 0.6) is 0 Å². The smallest absolute Gasteiger partial charge is 0.0509 e. The molecule has 0 saturated heterocycles. The van der Waals surface area contributed by atoms with Crippen molar-refractivity contribution in [1.82, 2.24) is 9.97 Å². The number of aryl methyl sites for hydroxylation is 4. The Labute approximate surface area is 154 Å². The van der Waals surface area contributed by atoms with Gasteiger partial charge in [0.2, 0.25) is 0 Å². The van der Waals surface area contributed by atoms with Gasteiger partial charge in [-0.2, -0.15) is 0 Å². The van der Waals surface area contributed by atoms with Crippen LogP contribution in [0.1, 0.15) is 35.7 Å². The Morgan fingerprint density at radius 2 is 1.50 bits per heavy atom. The molecule has 0 saturated carbocycles. The number of hydrogen-bond donors (Lipinski definition) is 4. The molecular formula is C22H28N4. The van der Waals surface area contributed by atoms with Crippen LogP contribution in [0.3, 0.4) is 0 Å². The molecule has 0 radical (unpaired) electrons. The summed E-state index contributed by atoms with van der Waals surface area (Å²) in [6, 6.07) is 10.0. The number of H-pyrrole nitrogens is 2. The first-order chi connectivity index (χ1) is 12.4. The van der Waals surface area contributed by atoms with Gasteiger partial charge >= 0.3 is 0 Å². The number of rotatable bonds is 2. The maximum Gasteiger partial charge on any atom is 0.0509 e. The zero-order valence-corrected chi connectivity index (χ0v) is 16.0. The summed E-state index contributed by atoms with van der Waals surface area (Å²) in [6.45, 7) is 8.51. The fraction of sp³-hybridized carbons (Fsp3) is 0.273. The van der Waals surface area contributed by atoms with Crippen molar-refractivity contribution in [3.63, 3.8) is 0 Å². The molecule has 4 heteroatoms. The summed E-state index contributed by atoms with van der Waals surface area (Å²) in [4.78, 5) is 6.59. The summed E-state index contributed by atoms with van der Waals surface area (Å²) in [5.74, 6) is 0. The zero-order chi connectivity index (χ0) is 18.8. The Kier molecular flexibility index (Phi) is 4.94. The predicted octanol–water partition coefficient (Wildman–Crippen LogP) is 5.38. The van der Waals surface area contributed by atoms with Gasteiger partial charge in [0.25, 0.3) is 0 Å². The maximum absolute atomic E-state index is 6.05. The normalized spacial score (nSPS) is 10.9. The molecule has 0 aliphatic rings. The summed E-state index contributed by atoms with van der Waals surface area (Å²) < 4.78 is 0. The molecule has 6 N–H and O–H groups in total. The van der Waals surface area contributed by atoms with E-state index in [-0.39, 0.29) is 0 Å². The van der Waals surface area contributed by atoms with Gasteiger partial charge in [-0.3, -0.25) is 0 Å². The van der Waals surface area contributed by atoms with Crippen LogP contribution in [-0.4, -0.2) is 9.97 Å². The van der Waals surface area contributed by atoms with Crippen LogP contribution in [0.4, 0.5) is 11.4 Å². The lowest BCUT2D eigenvalue weighted by Gasteiger charge is -2.03. The Morgan fingerprint density at radius 3 is 2.15 bits per heavy atom. The molecule has 4 aromatic rings. The van der Waals surface area contributed by atoms with Crippen molar-refractivity contribution in [1.29, 1.82) is 0 Å². The Morgan fingerprint density at radius 1 is 0.846 bits per heavy atom. The highest BCUT2D eigenvalue weighted by Gasteiger charge is 2.11. The Bertz CT molecular complexity index is 1020. The largest absolute Gasteiger partial charge is 0.398 e. The monoisotopic (exact) mass is 348 g/mol. The van der Waals surface area contributed by atoms with Crippen molar-refractivity contribution in [2.45, 2.75) is 40.5 Å². The van der Waals surface area contributed by atoms with Gasteiger partial charge in [0.15, 0.2) is 0 Å². The summed E-state index contributed by atoms with van der Waals surface area (Å²) in [5, 5.41) is 2.35. The number of benzene rings is 2. The van der Waals surface area contributed by atoms with Gasteiger partial charge in [0.1, 0.15) is 0 Å². The molecule has 0 aliphatic carbocycles. The van der Waals surface area contributed by atoms with Crippen LogP contribution in [0, 0.1) is 20.8 Å². The molecule has 2 heterocycles. The number of nitrogens with one attached hydrogen (secondary N) is 2. The van der Waals surface area contributed by atoms with Crippen LogP contribution in [-0.2, 0) is 6.42 Å². The number of aromatic nitrogens is 2. The second-order valence-corrected chi connectivity index (χ2v) is 6.94. The van der Waals surface area contributed by atoms with E-state index >= 15 is 0 Å². The average molecular weight is 348 g/mol. The van der Waals surface area contributed by atoms with E-state index in [1.807, 2.05) is 30.5 Å². The van der Waals surface area contributed by atoms with Crippen molar-refractivity contribution in [2.75, 3.05) is 11.5 Å². The average Bonchev–Trinajstić information content (AvgIpc) is 3.23. The highest BCUT2D eigenvalue weighted by molar-refractivity contribution is 5.96. The number of anilines is 2. The molecule has 0 fully saturated rings. The summed E-state index contributed by atoms with van der Waals surface area (Å²) in [5.41, 5.74) is 21.0. The first-order valence-electron chi connectivity index (χ1n) is 9.12. The minimum atomic E-state index is 0.840. The topological polar surface area (TPSA) is 83.6 Å². The minimum absolute atomic E-state index is 0.840. The lowest BCUT2D eigenvalue weighted by atomic mass is 10.0. The van der Waals surface area contributed by atoms with Crippen molar-refractivity contribution in [3.05, 3.63) is 58.9 Å². The van der Waals surface area contributed by atoms with Gasteiger partial charge < -0.3 is 21.4 Å². The number of aromatic amines is 2. The van der Waals surface area contributed by atoms with Crippen molar-refractivity contribution >= 4 is 33.2 Å². The van der Waals surface area contributed by atoms with E-state index in [0.717, 1.165) is 35.1 Å². The molecule has 2 aromatic carbocycles. The molecule has 0 amide bonds. The van der Waals surface area contributed by atoms with Crippen LogP contribution < -0.4 is 11.5 Å². The molecule has 0 spiro atoms. The van der Waals surface area contributed by atoms with E-state index in [0.29, 0.717) is 0 Å². The van der Waals surface area contributed by atoms with E-state index in [1.54, 1.807) is 0 Å². The quantitative estimate of drug-likeness (QED) is 0.367. The van der Waals surface area contributed by atoms with Gasteiger partial charge in [-0.25, -0.2) is 0 Å². The number of hydrogen-bond acceptors (Lipinski definition) is 2. The minimum Gasteiger partial charge on any atom is -0.398 e. The van der Waals surface area contributed by atoms with Crippen LogP contribution in [0.25, 0.3) is 21.8 Å². The number of nitrogen functional groups attached to an aromatic ring is 2. The first kappa shape index (κ1) is 17.9. The second kappa shape index (κ2) is 7.16. The third-order valence-electron chi connectivity index (χ3n) is 4.98. The molecule has 0 bridgehead atoms. The second-order valence-electron chi connectivity index (χ2n) is 6.94. The lowest BCUT2D eigenvalue weighted by Crippen LogP contribution is -1.90. The standard InChI is InChI=1S/C13H18N2.C9H10N2/c1-4-5-10-9(3)15-13-8(2)6-7-11(14)12(10)13;1-6-2-3-8(10)7-4-5-11-9(6)7/h6-7,15H,4-5,14H2,1-3H3;2-5,11H,10H2,1H3. The summed E-state index contributed by atoms with van der Waals surface area (Å²) in [7, 11) is 0. The van der Waals surface area contributed by atoms with Crippen molar-refractivity contribution in [3.8, 4) is 0 Å². The summed E-state index contributed by atoms with van der Waals surface area (Å²) >= 11 is 0. The molecule has 136 valence electrons. The number of nitrogens with two attached hydrogens (primary N) is 2. The molecule has 0 unspecified atom stereocenters. The van der Waals surface area contributed by atoms with E-state index in [4.69, 9.17) is 11.5 Å². The number of fused-ring (bicyclic) bond motifs is 2. The third-order valence-corrected chi connectivity index (χ3v) is 4.98.